The third-order valence-corrected chi connectivity index (χ3v) is 2.37. The van der Waals surface area contributed by atoms with Gasteiger partial charge in [0, 0.05) is 19.8 Å². The van der Waals surface area contributed by atoms with Gasteiger partial charge in [-0.05, 0) is 31.2 Å². The quantitative estimate of drug-likeness (QED) is 0.691. The van der Waals surface area contributed by atoms with Gasteiger partial charge >= 0.3 is 0 Å². The number of hydrogen-bond acceptors (Lipinski definition) is 3. The summed E-state index contributed by atoms with van der Waals surface area (Å²) < 4.78 is 0. The van der Waals surface area contributed by atoms with Gasteiger partial charge in [-0.25, -0.2) is 9.98 Å². The van der Waals surface area contributed by atoms with Gasteiger partial charge in [-0.15, -0.1) is 0 Å². The van der Waals surface area contributed by atoms with E-state index in [1.165, 1.54) is 6.42 Å². The van der Waals surface area contributed by atoms with Gasteiger partial charge in [0.25, 0.3) is 0 Å². The number of aromatic nitrogens is 1. The van der Waals surface area contributed by atoms with Crippen LogP contribution in [0, 0.1) is 5.92 Å². The predicted molar refractivity (Wildman–Crippen MR) is 66.2 cm³/mol. The highest BCUT2D eigenvalue weighted by atomic mass is 15.1. The molecule has 0 fully saturated rings. The summed E-state index contributed by atoms with van der Waals surface area (Å²) in [6.07, 6.45) is 2.91. The van der Waals surface area contributed by atoms with E-state index in [4.69, 9.17) is 0 Å². The molecule has 0 bridgehead atoms. The largest absolute Gasteiger partial charge is 0.372 e. The number of nitrogens with zero attached hydrogens (tertiary/aromatic N) is 3. The molecule has 0 aliphatic heterocycles. The standard InChI is InChI=1S/C12H19N3/c1-10(2)7-9-15(4)11-6-5-8-14-12(11)13-3/h5-6,8,10H,3,7,9H2,1-2,4H3. The maximum absolute atomic E-state index is 4.17. The van der Waals surface area contributed by atoms with Crippen LogP contribution in [0.15, 0.2) is 23.3 Å². The average molecular weight is 205 g/mol. The molecule has 0 unspecified atom stereocenters. The van der Waals surface area contributed by atoms with Crippen molar-refractivity contribution in [2.45, 2.75) is 20.3 Å². The molecule has 3 heteroatoms. The number of anilines is 1. The molecule has 0 amide bonds. The van der Waals surface area contributed by atoms with Crippen LogP contribution in [0.2, 0.25) is 0 Å². The lowest BCUT2D eigenvalue weighted by molar-refractivity contribution is 0.585. The van der Waals surface area contributed by atoms with E-state index in [1.807, 2.05) is 12.1 Å². The van der Waals surface area contributed by atoms with Gasteiger partial charge < -0.3 is 4.90 Å². The number of hydrogen-bond donors (Lipinski definition) is 0. The van der Waals surface area contributed by atoms with Crippen molar-refractivity contribution in [3.05, 3.63) is 18.3 Å². The average Bonchev–Trinajstić information content (AvgIpc) is 2.25. The lowest BCUT2D eigenvalue weighted by Gasteiger charge is -2.21. The summed E-state index contributed by atoms with van der Waals surface area (Å²) in [5, 5.41) is 0. The Labute approximate surface area is 91.9 Å². The summed E-state index contributed by atoms with van der Waals surface area (Å²) in [7, 11) is 2.06. The maximum atomic E-state index is 4.17. The summed E-state index contributed by atoms with van der Waals surface area (Å²) in [5.74, 6) is 1.42. The highest BCUT2D eigenvalue weighted by Gasteiger charge is 2.06. The fraction of sp³-hybridized carbons (Fsp3) is 0.500. The molecule has 0 radical (unpaired) electrons. The van der Waals surface area contributed by atoms with Gasteiger partial charge in [-0.1, -0.05) is 13.8 Å². The van der Waals surface area contributed by atoms with E-state index in [0.29, 0.717) is 11.7 Å². The number of pyridine rings is 1. The van der Waals surface area contributed by atoms with E-state index < -0.39 is 0 Å². The van der Waals surface area contributed by atoms with Gasteiger partial charge in [0.1, 0.15) is 0 Å². The Hall–Kier alpha value is -1.38. The second-order valence-corrected chi connectivity index (χ2v) is 4.11. The molecular weight excluding hydrogens is 186 g/mol. The summed E-state index contributed by atoms with van der Waals surface area (Å²) in [5.41, 5.74) is 1.05. The lowest BCUT2D eigenvalue weighted by atomic mass is 10.1. The smallest absolute Gasteiger partial charge is 0.175 e. The summed E-state index contributed by atoms with van der Waals surface area (Å²) in [4.78, 5) is 10.3. The minimum atomic E-state index is 0.712. The molecule has 0 aliphatic rings. The Bertz CT molecular complexity index is 320. The molecule has 0 spiro atoms. The molecule has 15 heavy (non-hydrogen) atoms. The van der Waals surface area contributed by atoms with E-state index in [9.17, 15) is 0 Å². The Morgan fingerprint density at radius 3 is 2.87 bits per heavy atom. The second kappa shape index (κ2) is 5.49. The minimum absolute atomic E-state index is 0.712. The fourth-order valence-corrected chi connectivity index (χ4v) is 1.38. The third-order valence-electron chi connectivity index (χ3n) is 2.37. The van der Waals surface area contributed by atoms with Crippen molar-refractivity contribution in [1.29, 1.82) is 0 Å². The third kappa shape index (κ3) is 3.35. The Morgan fingerprint density at radius 2 is 2.27 bits per heavy atom. The first kappa shape index (κ1) is 11.7. The van der Waals surface area contributed by atoms with Crippen LogP contribution in [0.3, 0.4) is 0 Å². The van der Waals surface area contributed by atoms with Gasteiger partial charge in [0.15, 0.2) is 5.82 Å². The van der Waals surface area contributed by atoms with E-state index in [1.54, 1.807) is 6.20 Å². The van der Waals surface area contributed by atoms with E-state index in [2.05, 4.69) is 42.5 Å². The van der Waals surface area contributed by atoms with Crippen molar-refractivity contribution in [2.75, 3.05) is 18.5 Å². The van der Waals surface area contributed by atoms with Gasteiger partial charge in [0.2, 0.25) is 0 Å². The molecule has 0 saturated carbocycles. The molecule has 0 aliphatic carbocycles. The molecule has 0 saturated heterocycles. The molecule has 82 valence electrons. The molecule has 0 N–H and O–H groups in total. The first-order valence-corrected chi connectivity index (χ1v) is 5.28. The summed E-state index contributed by atoms with van der Waals surface area (Å²) >= 11 is 0. The first-order chi connectivity index (χ1) is 7.15. The molecule has 0 aromatic carbocycles. The van der Waals surface area contributed by atoms with E-state index in [0.717, 1.165) is 12.2 Å². The molecule has 3 nitrogen and oxygen atoms in total. The zero-order valence-electron chi connectivity index (χ0n) is 9.77. The minimum Gasteiger partial charge on any atom is -0.372 e. The van der Waals surface area contributed by atoms with Crippen molar-refractivity contribution in [2.24, 2.45) is 10.9 Å². The van der Waals surface area contributed by atoms with Crippen molar-refractivity contribution < 1.29 is 0 Å². The van der Waals surface area contributed by atoms with Crippen LogP contribution < -0.4 is 4.90 Å². The van der Waals surface area contributed by atoms with Crippen LogP contribution in [0.1, 0.15) is 20.3 Å². The molecular formula is C12H19N3. The van der Waals surface area contributed by atoms with Crippen molar-refractivity contribution >= 4 is 18.2 Å². The summed E-state index contributed by atoms with van der Waals surface area (Å²) in [6.45, 7) is 9.00. The van der Waals surface area contributed by atoms with Crippen LogP contribution in [0.5, 0.6) is 0 Å². The summed E-state index contributed by atoms with van der Waals surface area (Å²) in [6, 6.07) is 3.95. The monoisotopic (exact) mass is 205 g/mol. The molecule has 0 atom stereocenters. The van der Waals surface area contributed by atoms with Gasteiger partial charge in [0.05, 0.1) is 5.69 Å². The highest BCUT2D eigenvalue weighted by molar-refractivity contribution is 5.64. The highest BCUT2D eigenvalue weighted by Crippen LogP contribution is 2.24. The topological polar surface area (TPSA) is 28.5 Å². The Balaban J connectivity index is 2.72. The Kier molecular flexibility index (Phi) is 4.28. The zero-order valence-corrected chi connectivity index (χ0v) is 9.77. The second-order valence-electron chi connectivity index (χ2n) is 4.11. The van der Waals surface area contributed by atoms with Crippen LogP contribution in [-0.2, 0) is 0 Å². The Morgan fingerprint density at radius 1 is 1.53 bits per heavy atom. The molecule has 1 aromatic heterocycles. The van der Waals surface area contributed by atoms with Gasteiger partial charge in [-0.3, -0.25) is 0 Å². The van der Waals surface area contributed by atoms with Crippen molar-refractivity contribution in [3.63, 3.8) is 0 Å². The van der Waals surface area contributed by atoms with Crippen LogP contribution >= 0.6 is 0 Å². The van der Waals surface area contributed by atoms with Crippen LogP contribution in [-0.4, -0.2) is 25.3 Å². The number of aliphatic imine (C=N–C) groups is 1. The van der Waals surface area contributed by atoms with E-state index in [-0.39, 0.29) is 0 Å². The first-order valence-electron chi connectivity index (χ1n) is 5.28. The molecule has 1 heterocycles. The van der Waals surface area contributed by atoms with Gasteiger partial charge in [-0.2, -0.15) is 0 Å². The van der Waals surface area contributed by atoms with Crippen molar-refractivity contribution in [1.82, 2.24) is 4.98 Å². The maximum Gasteiger partial charge on any atom is 0.175 e. The predicted octanol–water partition coefficient (Wildman–Crippen LogP) is 2.90. The normalized spacial score (nSPS) is 10.4. The SMILES string of the molecule is C=Nc1ncccc1N(C)CCC(C)C. The zero-order chi connectivity index (χ0) is 11.3. The molecule has 1 rings (SSSR count). The van der Waals surface area contributed by atoms with Crippen molar-refractivity contribution in [3.8, 4) is 0 Å². The fourth-order valence-electron chi connectivity index (χ4n) is 1.38. The lowest BCUT2D eigenvalue weighted by Crippen LogP contribution is -2.20. The van der Waals surface area contributed by atoms with Crippen LogP contribution in [0.4, 0.5) is 11.5 Å². The molecule has 1 aromatic rings. The number of rotatable bonds is 5. The van der Waals surface area contributed by atoms with Crippen LogP contribution in [0.25, 0.3) is 0 Å². The van der Waals surface area contributed by atoms with E-state index >= 15 is 0 Å².